The third-order valence-electron chi connectivity index (χ3n) is 4.83. The van der Waals surface area contributed by atoms with Crippen molar-refractivity contribution in [3.63, 3.8) is 0 Å². The molecular weight excluding hydrogens is 468 g/mol. The number of amides is 1. The molecule has 0 aliphatic carbocycles. The molecule has 0 radical (unpaired) electrons. The van der Waals surface area contributed by atoms with E-state index < -0.39 is 5.97 Å². The van der Waals surface area contributed by atoms with Crippen molar-refractivity contribution in [1.29, 1.82) is 0 Å². The summed E-state index contributed by atoms with van der Waals surface area (Å²) >= 11 is 1.26. The Labute approximate surface area is 209 Å². The van der Waals surface area contributed by atoms with E-state index in [4.69, 9.17) is 14.2 Å². The van der Waals surface area contributed by atoms with Gasteiger partial charge in [0.15, 0.2) is 22.5 Å². The summed E-state index contributed by atoms with van der Waals surface area (Å²) in [4.78, 5) is 24.5. The molecule has 9 nitrogen and oxygen atoms in total. The van der Waals surface area contributed by atoms with Crippen LogP contribution >= 0.6 is 11.8 Å². The first-order valence-corrected chi connectivity index (χ1v) is 12.3. The van der Waals surface area contributed by atoms with E-state index >= 15 is 0 Å². The first kappa shape index (κ1) is 26.1. The fourth-order valence-electron chi connectivity index (χ4n) is 3.07. The molecular formula is C25H30N4O5S. The highest BCUT2D eigenvalue weighted by Crippen LogP contribution is 2.29. The Kier molecular flexibility index (Phi) is 9.54. The van der Waals surface area contributed by atoms with Gasteiger partial charge in [-0.1, -0.05) is 30.8 Å². The van der Waals surface area contributed by atoms with Gasteiger partial charge in [0.2, 0.25) is 5.91 Å². The van der Waals surface area contributed by atoms with E-state index in [0.29, 0.717) is 46.9 Å². The summed E-state index contributed by atoms with van der Waals surface area (Å²) in [6.07, 6.45) is 0.746. The highest BCUT2D eigenvalue weighted by molar-refractivity contribution is 7.99. The summed E-state index contributed by atoms with van der Waals surface area (Å²) in [6, 6.07) is 12.4. The second-order valence-electron chi connectivity index (χ2n) is 7.68. The Morgan fingerprint density at radius 3 is 2.66 bits per heavy atom. The number of esters is 1. The van der Waals surface area contributed by atoms with E-state index in [1.165, 1.54) is 11.8 Å². The Balaban J connectivity index is 1.54. The smallest absolute Gasteiger partial charge is 0.338 e. The van der Waals surface area contributed by atoms with Crippen molar-refractivity contribution in [3.8, 4) is 11.5 Å². The number of anilines is 1. The number of nitrogens with one attached hydrogen (secondary N) is 1. The number of carbonyl (C=O) groups is 2. The predicted octanol–water partition coefficient (Wildman–Crippen LogP) is 4.40. The molecule has 0 aliphatic rings. The normalized spacial score (nSPS) is 10.6. The van der Waals surface area contributed by atoms with Crippen molar-refractivity contribution in [2.45, 2.75) is 39.0 Å². The average molecular weight is 499 g/mol. The Bertz CT molecular complexity index is 1160. The lowest BCUT2D eigenvalue weighted by atomic mass is 10.2. The zero-order valence-electron chi connectivity index (χ0n) is 20.4. The van der Waals surface area contributed by atoms with Gasteiger partial charge in [-0.05, 0) is 56.2 Å². The van der Waals surface area contributed by atoms with Gasteiger partial charge in [0.05, 0.1) is 24.5 Å². The minimum Gasteiger partial charge on any atom is -0.490 e. The van der Waals surface area contributed by atoms with Crippen LogP contribution in [0.25, 0.3) is 0 Å². The minimum atomic E-state index is -0.412. The van der Waals surface area contributed by atoms with Gasteiger partial charge in [-0.2, -0.15) is 0 Å². The summed E-state index contributed by atoms with van der Waals surface area (Å²) in [5.41, 5.74) is 2.00. The summed E-state index contributed by atoms with van der Waals surface area (Å²) in [7, 11) is 1.82. The SMILES string of the molecule is CCCOC(=O)c1cccc(NC(=O)CSc2nnc(COc3ccc(C)cc3OCC)n2C)c1. The van der Waals surface area contributed by atoms with Gasteiger partial charge in [0.1, 0.15) is 6.61 Å². The van der Waals surface area contributed by atoms with Crippen molar-refractivity contribution in [2.75, 3.05) is 24.3 Å². The maximum atomic E-state index is 12.5. The maximum absolute atomic E-state index is 12.5. The molecule has 0 fully saturated rings. The second-order valence-corrected chi connectivity index (χ2v) is 8.63. The van der Waals surface area contributed by atoms with Crippen LogP contribution in [0.4, 0.5) is 5.69 Å². The highest BCUT2D eigenvalue weighted by atomic mass is 32.2. The van der Waals surface area contributed by atoms with E-state index in [9.17, 15) is 9.59 Å². The molecule has 186 valence electrons. The van der Waals surface area contributed by atoms with Crippen LogP contribution in [0, 0.1) is 6.92 Å². The lowest BCUT2D eigenvalue weighted by Gasteiger charge is -2.12. The maximum Gasteiger partial charge on any atom is 0.338 e. The van der Waals surface area contributed by atoms with Gasteiger partial charge in [-0.25, -0.2) is 4.79 Å². The number of nitrogens with zero attached hydrogens (tertiary/aromatic N) is 3. The molecule has 2 aromatic carbocycles. The van der Waals surface area contributed by atoms with Gasteiger partial charge < -0.3 is 24.1 Å². The Hall–Kier alpha value is -3.53. The largest absolute Gasteiger partial charge is 0.490 e. The third kappa shape index (κ3) is 7.48. The third-order valence-corrected chi connectivity index (χ3v) is 5.85. The van der Waals surface area contributed by atoms with Crippen LogP contribution in [-0.4, -0.2) is 45.6 Å². The Morgan fingerprint density at radius 2 is 1.89 bits per heavy atom. The number of benzene rings is 2. The topological polar surface area (TPSA) is 105 Å². The number of carbonyl (C=O) groups excluding carboxylic acids is 2. The molecule has 1 amide bonds. The quantitative estimate of drug-likeness (QED) is 0.289. The van der Waals surface area contributed by atoms with Crippen molar-refractivity contribution in [2.24, 2.45) is 7.05 Å². The van der Waals surface area contributed by atoms with Crippen LogP contribution in [0.2, 0.25) is 0 Å². The molecule has 1 N–H and O–H groups in total. The number of thioether (sulfide) groups is 1. The van der Waals surface area contributed by atoms with E-state index in [2.05, 4.69) is 15.5 Å². The molecule has 0 unspecified atom stereocenters. The van der Waals surface area contributed by atoms with Gasteiger partial charge in [0, 0.05) is 12.7 Å². The van der Waals surface area contributed by atoms with E-state index in [1.54, 1.807) is 28.8 Å². The van der Waals surface area contributed by atoms with Crippen LogP contribution in [0.1, 0.15) is 42.0 Å². The van der Waals surface area contributed by atoms with Crippen molar-refractivity contribution in [3.05, 3.63) is 59.4 Å². The van der Waals surface area contributed by atoms with Crippen molar-refractivity contribution < 1.29 is 23.8 Å². The van der Waals surface area contributed by atoms with Crippen LogP contribution in [0.3, 0.4) is 0 Å². The zero-order valence-corrected chi connectivity index (χ0v) is 21.2. The predicted molar refractivity (Wildman–Crippen MR) is 134 cm³/mol. The standard InChI is InChI=1S/C25H30N4O5S/c1-5-12-33-24(31)18-8-7-9-19(14-18)26-23(30)16-35-25-28-27-22(29(25)4)15-34-20-11-10-17(3)13-21(20)32-6-2/h7-11,13-14H,5-6,12,15-16H2,1-4H3,(H,26,30). The summed E-state index contributed by atoms with van der Waals surface area (Å²) in [6.45, 7) is 6.95. The molecule has 0 bridgehead atoms. The highest BCUT2D eigenvalue weighted by Gasteiger charge is 2.14. The van der Waals surface area contributed by atoms with Crippen LogP contribution < -0.4 is 14.8 Å². The van der Waals surface area contributed by atoms with E-state index in [-0.39, 0.29) is 18.3 Å². The fraction of sp³-hybridized carbons (Fsp3) is 0.360. The molecule has 1 aromatic heterocycles. The monoisotopic (exact) mass is 498 g/mol. The summed E-state index contributed by atoms with van der Waals surface area (Å²) in [5.74, 6) is 1.43. The summed E-state index contributed by atoms with van der Waals surface area (Å²) in [5, 5.41) is 11.7. The van der Waals surface area contributed by atoms with E-state index in [1.807, 2.05) is 46.0 Å². The molecule has 0 saturated heterocycles. The van der Waals surface area contributed by atoms with Crippen LogP contribution in [0.15, 0.2) is 47.6 Å². The molecule has 3 rings (SSSR count). The number of aryl methyl sites for hydroxylation is 1. The van der Waals surface area contributed by atoms with Gasteiger partial charge >= 0.3 is 5.97 Å². The molecule has 3 aromatic rings. The average Bonchev–Trinajstić information content (AvgIpc) is 3.20. The molecule has 0 atom stereocenters. The van der Waals surface area contributed by atoms with Crippen LogP contribution in [0.5, 0.6) is 11.5 Å². The lowest BCUT2D eigenvalue weighted by Crippen LogP contribution is -2.15. The van der Waals surface area contributed by atoms with Gasteiger partial charge in [-0.15, -0.1) is 10.2 Å². The fourth-order valence-corrected chi connectivity index (χ4v) is 3.80. The molecule has 0 aliphatic heterocycles. The number of hydrogen-bond acceptors (Lipinski definition) is 8. The molecule has 0 saturated carbocycles. The lowest BCUT2D eigenvalue weighted by molar-refractivity contribution is -0.113. The van der Waals surface area contributed by atoms with Gasteiger partial charge in [0.25, 0.3) is 0 Å². The molecule has 0 spiro atoms. The molecule has 1 heterocycles. The minimum absolute atomic E-state index is 0.129. The zero-order chi connectivity index (χ0) is 25.2. The van der Waals surface area contributed by atoms with Gasteiger partial charge in [-0.3, -0.25) is 4.79 Å². The molecule has 10 heteroatoms. The number of hydrogen-bond donors (Lipinski definition) is 1. The second kappa shape index (κ2) is 12.8. The number of aromatic nitrogens is 3. The van der Waals surface area contributed by atoms with E-state index in [0.717, 1.165) is 12.0 Å². The molecule has 35 heavy (non-hydrogen) atoms. The van der Waals surface area contributed by atoms with Crippen molar-refractivity contribution in [1.82, 2.24) is 14.8 Å². The summed E-state index contributed by atoms with van der Waals surface area (Å²) < 4.78 is 18.5. The number of rotatable bonds is 12. The first-order chi connectivity index (χ1) is 16.9. The number of ether oxygens (including phenoxy) is 3. The Morgan fingerprint density at radius 1 is 1.06 bits per heavy atom. The van der Waals surface area contributed by atoms with Crippen molar-refractivity contribution >= 4 is 29.3 Å². The first-order valence-electron chi connectivity index (χ1n) is 11.4. The van der Waals surface area contributed by atoms with Crippen LogP contribution in [-0.2, 0) is 23.2 Å².